The summed E-state index contributed by atoms with van der Waals surface area (Å²) >= 11 is 3.44. The highest BCUT2D eigenvalue weighted by Gasteiger charge is 2.43. The molecule has 1 fully saturated rings. The fraction of sp³-hybridized carbons (Fsp3) is 0.688. The smallest absolute Gasteiger partial charge is 0.0449 e. The number of rotatable bonds is 5. The second-order valence-electron chi connectivity index (χ2n) is 6.59. The van der Waals surface area contributed by atoms with Crippen molar-refractivity contribution in [1.29, 1.82) is 0 Å². The van der Waals surface area contributed by atoms with Crippen molar-refractivity contribution in [3.05, 3.63) is 28.5 Å². The van der Waals surface area contributed by atoms with E-state index in [0.29, 0.717) is 0 Å². The molecule has 0 bridgehead atoms. The van der Waals surface area contributed by atoms with Crippen molar-refractivity contribution < 1.29 is 0 Å². The first-order chi connectivity index (χ1) is 9.98. The van der Waals surface area contributed by atoms with Gasteiger partial charge in [0.2, 0.25) is 0 Å². The van der Waals surface area contributed by atoms with Crippen LogP contribution in [0.4, 0.5) is 0 Å². The van der Waals surface area contributed by atoms with E-state index in [9.17, 15) is 0 Å². The Labute approximate surface area is 136 Å². The minimum absolute atomic E-state index is 0.112. The molecular weight excluding hydrogens is 328 g/mol. The lowest BCUT2D eigenvalue weighted by atomic mass is 9.70. The molecule has 1 saturated carbocycles. The van der Waals surface area contributed by atoms with Gasteiger partial charge in [-0.1, -0.05) is 19.8 Å². The van der Waals surface area contributed by atoms with Gasteiger partial charge in [0.25, 0.3) is 0 Å². The maximum atomic E-state index is 5.94. The van der Waals surface area contributed by atoms with Gasteiger partial charge in [-0.25, -0.2) is 0 Å². The van der Waals surface area contributed by atoms with Gasteiger partial charge in [-0.05, 0) is 60.9 Å². The number of hydrazine groups is 1. The van der Waals surface area contributed by atoms with Gasteiger partial charge in [0.15, 0.2) is 0 Å². The Kier molecular flexibility index (Phi) is 5.77. The molecule has 1 aromatic rings. The first-order valence-corrected chi connectivity index (χ1v) is 8.51. The average Bonchev–Trinajstić information content (AvgIpc) is 2.46. The molecule has 0 aromatic carbocycles. The Morgan fingerprint density at radius 1 is 1.52 bits per heavy atom. The molecule has 0 saturated heterocycles. The molecule has 0 radical (unpaired) electrons. The van der Waals surface area contributed by atoms with Crippen molar-refractivity contribution in [2.75, 3.05) is 14.1 Å². The summed E-state index contributed by atoms with van der Waals surface area (Å²) in [4.78, 5) is 6.88. The van der Waals surface area contributed by atoms with Crippen LogP contribution in [0.2, 0.25) is 0 Å². The van der Waals surface area contributed by atoms with Crippen LogP contribution in [-0.2, 0) is 6.42 Å². The minimum Gasteiger partial charge on any atom is -0.302 e. The van der Waals surface area contributed by atoms with Crippen LogP contribution in [0.1, 0.15) is 38.3 Å². The normalized spacial score (nSPS) is 27.8. The maximum Gasteiger partial charge on any atom is 0.0449 e. The summed E-state index contributed by atoms with van der Waals surface area (Å²) in [5.74, 6) is 6.68. The predicted molar refractivity (Wildman–Crippen MR) is 90.8 cm³/mol. The summed E-state index contributed by atoms with van der Waals surface area (Å²) in [5.41, 5.74) is 4.28. The molecule has 2 rings (SSSR count). The van der Waals surface area contributed by atoms with Gasteiger partial charge in [-0.2, -0.15) is 0 Å². The second-order valence-corrected chi connectivity index (χ2v) is 7.51. The third-order valence-electron chi connectivity index (χ3n) is 4.95. The third kappa shape index (κ3) is 3.83. The van der Waals surface area contributed by atoms with Crippen molar-refractivity contribution in [2.45, 2.75) is 50.6 Å². The van der Waals surface area contributed by atoms with Crippen molar-refractivity contribution in [3.8, 4) is 0 Å². The van der Waals surface area contributed by atoms with E-state index in [1.807, 2.05) is 12.3 Å². The molecule has 3 atom stereocenters. The van der Waals surface area contributed by atoms with Crippen LogP contribution in [0.5, 0.6) is 0 Å². The van der Waals surface area contributed by atoms with E-state index in [-0.39, 0.29) is 11.6 Å². The van der Waals surface area contributed by atoms with Gasteiger partial charge in [-0.15, -0.1) is 0 Å². The molecule has 1 aromatic heterocycles. The lowest BCUT2D eigenvalue weighted by Gasteiger charge is -2.50. The Morgan fingerprint density at radius 3 is 2.81 bits per heavy atom. The van der Waals surface area contributed by atoms with Gasteiger partial charge in [0.1, 0.15) is 0 Å². The fourth-order valence-corrected chi connectivity index (χ4v) is 3.97. The van der Waals surface area contributed by atoms with E-state index in [4.69, 9.17) is 5.84 Å². The molecule has 1 aliphatic rings. The lowest BCUT2D eigenvalue weighted by Crippen LogP contribution is -2.63. The van der Waals surface area contributed by atoms with Gasteiger partial charge >= 0.3 is 0 Å². The predicted octanol–water partition coefficient (Wildman–Crippen LogP) is 2.73. The Hall–Kier alpha value is -0.490. The molecule has 3 N–H and O–H groups in total. The standard InChI is InChI=1S/C16H27BrN4/c1-12-5-4-8-16(10-12,21(2)3)15(20-18)9-14-7-6-13(17)11-19-14/h6-7,11-12,15,20H,4-5,8-10,18H2,1-3H3. The van der Waals surface area contributed by atoms with Crippen LogP contribution in [0.25, 0.3) is 0 Å². The summed E-state index contributed by atoms with van der Waals surface area (Å²) in [6.07, 6.45) is 7.68. The summed E-state index contributed by atoms with van der Waals surface area (Å²) < 4.78 is 1.01. The van der Waals surface area contributed by atoms with Gasteiger partial charge in [0.05, 0.1) is 0 Å². The number of aromatic nitrogens is 1. The Morgan fingerprint density at radius 2 is 2.29 bits per heavy atom. The van der Waals surface area contributed by atoms with E-state index in [1.54, 1.807) is 0 Å². The maximum absolute atomic E-state index is 5.94. The third-order valence-corrected chi connectivity index (χ3v) is 5.42. The van der Waals surface area contributed by atoms with Crippen molar-refractivity contribution in [2.24, 2.45) is 11.8 Å². The first-order valence-electron chi connectivity index (χ1n) is 7.72. The lowest BCUT2D eigenvalue weighted by molar-refractivity contribution is 0.0370. The molecule has 0 amide bonds. The Bertz CT molecular complexity index is 448. The van der Waals surface area contributed by atoms with E-state index in [0.717, 1.165) is 22.5 Å². The number of nitrogens with two attached hydrogens (primary N) is 1. The topological polar surface area (TPSA) is 54.2 Å². The van der Waals surface area contributed by atoms with Crippen LogP contribution in [-0.4, -0.2) is 35.6 Å². The van der Waals surface area contributed by atoms with Gasteiger partial charge in [-0.3, -0.25) is 16.3 Å². The number of nitrogens with one attached hydrogen (secondary N) is 1. The van der Waals surface area contributed by atoms with Crippen LogP contribution in [0.15, 0.2) is 22.8 Å². The minimum atomic E-state index is 0.112. The van der Waals surface area contributed by atoms with Crippen molar-refractivity contribution in [1.82, 2.24) is 15.3 Å². The number of hydrogen-bond donors (Lipinski definition) is 2. The zero-order valence-corrected chi connectivity index (χ0v) is 14.9. The van der Waals surface area contributed by atoms with Crippen molar-refractivity contribution in [3.63, 3.8) is 0 Å². The molecular formula is C16H27BrN4. The molecule has 1 heterocycles. The monoisotopic (exact) mass is 354 g/mol. The van der Waals surface area contributed by atoms with Gasteiger partial charge < -0.3 is 4.90 Å². The van der Waals surface area contributed by atoms with Gasteiger partial charge in [0, 0.05) is 34.4 Å². The summed E-state index contributed by atoms with van der Waals surface area (Å²) in [6.45, 7) is 2.35. The molecule has 3 unspecified atom stereocenters. The number of pyridine rings is 1. The first kappa shape index (κ1) is 16.9. The Balaban J connectivity index is 2.21. The van der Waals surface area contributed by atoms with Crippen molar-refractivity contribution >= 4 is 15.9 Å². The average molecular weight is 355 g/mol. The highest BCUT2D eigenvalue weighted by atomic mass is 79.9. The van der Waals surface area contributed by atoms with E-state index in [2.05, 4.69) is 58.3 Å². The molecule has 1 aliphatic carbocycles. The fourth-order valence-electron chi connectivity index (χ4n) is 3.74. The molecule has 118 valence electrons. The number of hydrogen-bond acceptors (Lipinski definition) is 4. The summed E-state index contributed by atoms with van der Waals surface area (Å²) in [6, 6.07) is 4.33. The zero-order chi connectivity index (χ0) is 15.5. The number of halogens is 1. The molecule has 0 spiro atoms. The quantitative estimate of drug-likeness (QED) is 0.630. The summed E-state index contributed by atoms with van der Waals surface area (Å²) in [7, 11) is 4.36. The number of likely N-dealkylation sites (N-methyl/N-ethyl adjacent to an activating group) is 1. The van der Waals surface area contributed by atoms with E-state index in [1.165, 1.54) is 25.7 Å². The van der Waals surface area contributed by atoms with Crippen LogP contribution >= 0.6 is 15.9 Å². The second kappa shape index (κ2) is 7.18. The van der Waals surface area contributed by atoms with Crippen LogP contribution < -0.4 is 11.3 Å². The van der Waals surface area contributed by atoms with Crippen LogP contribution in [0, 0.1) is 5.92 Å². The number of nitrogens with zero attached hydrogens (tertiary/aromatic N) is 2. The largest absolute Gasteiger partial charge is 0.302 e. The molecule has 0 aliphatic heterocycles. The molecule has 4 nitrogen and oxygen atoms in total. The van der Waals surface area contributed by atoms with E-state index >= 15 is 0 Å². The van der Waals surface area contributed by atoms with E-state index < -0.39 is 0 Å². The molecule has 21 heavy (non-hydrogen) atoms. The SMILES string of the molecule is CC1CCCC(C(Cc2ccc(Br)cn2)NN)(N(C)C)C1. The zero-order valence-electron chi connectivity index (χ0n) is 13.3. The molecule has 5 heteroatoms. The highest BCUT2D eigenvalue weighted by molar-refractivity contribution is 9.10. The summed E-state index contributed by atoms with van der Waals surface area (Å²) in [5, 5.41) is 0. The van der Waals surface area contributed by atoms with Crippen LogP contribution in [0.3, 0.4) is 0 Å². The highest BCUT2D eigenvalue weighted by Crippen LogP contribution is 2.38.